The molecule has 0 amide bonds. The van der Waals surface area contributed by atoms with Crippen LogP contribution in [0.2, 0.25) is 0 Å². The van der Waals surface area contributed by atoms with Crippen LogP contribution in [-0.4, -0.2) is 55.0 Å². The van der Waals surface area contributed by atoms with Gasteiger partial charge in [-0.1, -0.05) is 0 Å². The van der Waals surface area contributed by atoms with E-state index in [0.29, 0.717) is 13.1 Å². The summed E-state index contributed by atoms with van der Waals surface area (Å²) in [5.41, 5.74) is -1.00. The highest BCUT2D eigenvalue weighted by Gasteiger charge is 2.57. The second-order valence-corrected chi connectivity index (χ2v) is 7.21. The van der Waals surface area contributed by atoms with Crippen molar-refractivity contribution >= 4 is 16.0 Å². The van der Waals surface area contributed by atoms with Crippen molar-refractivity contribution in [2.24, 2.45) is 11.3 Å². The molecule has 2 aliphatic heterocycles. The molecule has 0 aromatic carbocycles. The van der Waals surface area contributed by atoms with E-state index < -0.39 is 21.4 Å². The van der Waals surface area contributed by atoms with Crippen molar-refractivity contribution in [2.75, 3.05) is 26.2 Å². The van der Waals surface area contributed by atoms with Crippen LogP contribution in [0.4, 0.5) is 0 Å². The van der Waals surface area contributed by atoms with Gasteiger partial charge in [-0.15, -0.1) is 0 Å². The molecule has 2 atom stereocenters. The molecule has 0 aliphatic carbocycles. The predicted octanol–water partition coefficient (Wildman–Crippen LogP) is -0.624. The van der Waals surface area contributed by atoms with Crippen molar-refractivity contribution in [3.8, 4) is 0 Å². The van der Waals surface area contributed by atoms with Gasteiger partial charge in [0.25, 0.3) is 0 Å². The number of fused-ring (bicyclic) bond motifs is 1. The first-order valence-electron chi connectivity index (χ1n) is 6.31. The number of aromatic nitrogens is 1. The van der Waals surface area contributed by atoms with Gasteiger partial charge in [-0.3, -0.25) is 9.78 Å². The number of carboxylic acids is 1. The van der Waals surface area contributed by atoms with Crippen molar-refractivity contribution in [3.63, 3.8) is 0 Å². The third-order valence-electron chi connectivity index (χ3n) is 4.19. The van der Waals surface area contributed by atoms with Crippen LogP contribution in [0.3, 0.4) is 0 Å². The molecule has 1 aromatic rings. The van der Waals surface area contributed by atoms with E-state index in [9.17, 15) is 18.3 Å². The number of carbonyl (C=O) groups is 1. The lowest BCUT2D eigenvalue weighted by Crippen LogP contribution is -2.41. The van der Waals surface area contributed by atoms with Gasteiger partial charge in [0, 0.05) is 44.5 Å². The van der Waals surface area contributed by atoms with E-state index in [1.165, 1.54) is 22.8 Å². The van der Waals surface area contributed by atoms with Crippen molar-refractivity contribution in [1.29, 1.82) is 0 Å². The fraction of sp³-hybridized carbons (Fsp3) is 0.500. The highest BCUT2D eigenvalue weighted by Crippen LogP contribution is 2.41. The van der Waals surface area contributed by atoms with Crippen LogP contribution < -0.4 is 5.32 Å². The molecular weight excluding hydrogens is 282 g/mol. The van der Waals surface area contributed by atoms with E-state index in [-0.39, 0.29) is 23.9 Å². The zero-order valence-electron chi connectivity index (χ0n) is 10.7. The SMILES string of the molecule is O=C(O)C12CNCC1CN(S(=O)(=O)c1cccnc1)C2. The van der Waals surface area contributed by atoms with Crippen LogP contribution in [0.1, 0.15) is 0 Å². The van der Waals surface area contributed by atoms with Crippen LogP contribution in [0.5, 0.6) is 0 Å². The van der Waals surface area contributed by atoms with Gasteiger partial charge in [0.15, 0.2) is 0 Å². The normalized spacial score (nSPS) is 30.3. The Bertz CT molecular complexity index is 633. The molecule has 8 heteroatoms. The highest BCUT2D eigenvalue weighted by molar-refractivity contribution is 7.89. The molecular formula is C12H15N3O4S. The molecule has 2 fully saturated rings. The first-order valence-corrected chi connectivity index (χ1v) is 7.75. The van der Waals surface area contributed by atoms with Gasteiger partial charge in [-0.25, -0.2) is 8.42 Å². The number of rotatable bonds is 3. The summed E-state index contributed by atoms with van der Waals surface area (Å²) < 4.78 is 26.3. The fourth-order valence-corrected chi connectivity index (χ4v) is 4.53. The lowest BCUT2D eigenvalue weighted by molar-refractivity contribution is -0.148. The van der Waals surface area contributed by atoms with Gasteiger partial charge in [-0.05, 0) is 12.1 Å². The summed E-state index contributed by atoms with van der Waals surface area (Å²) in [6.07, 6.45) is 2.79. The number of hydrogen-bond donors (Lipinski definition) is 2. The Morgan fingerprint density at radius 2 is 2.35 bits per heavy atom. The van der Waals surface area contributed by atoms with Gasteiger partial charge in [0.1, 0.15) is 4.90 Å². The Morgan fingerprint density at radius 1 is 1.55 bits per heavy atom. The van der Waals surface area contributed by atoms with Crippen LogP contribution in [-0.2, 0) is 14.8 Å². The number of pyridine rings is 1. The van der Waals surface area contributed by atoms with Crippen LogP contribution in [0.15, 0.2) is 29.4 Å². The van der Waals surface area contributed by atoms with Crippen molar-refractivity contribution in [3.05, 3.63) is 24.5 Å². The van der Waals surface area contributed by atoms with E-state index in [4.69, 9.17) is 0 Å². The predicted molar refractivity (Wildman–Crippen MR) is 69.4 cm³/mol. The maximum Gasteiger partial charge on any atom is 0.312 e. The average molecular weight is 297 g/mol. The summed E-state index contributed by atoms with van der Waals surface area (Å²) in [5, 5.41) is 12.5. The minimum atomic E-state index is -3.67. The topological polar surface area (TPSA) is 99.6 Å². The zero-order chi connectivity index (χ0) is 14.4. The summed E-state index contributed by atoms with van der Waals surface area (Å²) >= 11 is 0. The van der Waals surface area contributed by atoms with Gasteiger partial charge in [0.2, 0.25) is 10.0 Å². The smallest absolute Gasteiger partial charge is 0.312 e. The Labute approximate surface area is 116 Å². The van der Waals surface area contributed by atoms with Gasteiger partial charge in [0.05, 0.1) is 5.41 Å². The molecule has 2 N–H and O–H groups in total. The molecule has 7 nitrogen and oxygen atoms in total. The summed E-state index contributed by atoms with van der Waals surface area (Å²) in [5.74, 6) is -1.12. The van der Waals surface area contributed by atoms with Crippen molar-refractivity contribution in [1.82, 2.24) is 14.6 Å². The monoisotopic (exact) mass is 297 g/mol. The quantitative estimate of drug-likeness (QED) is 0.771. The second-order valence-electron chi connectivity index (χ2n) is 5.28. The number of nitrogens with zero attached hydrogens (tertiary/aromatic N) is 2. The standard InChI is InChI=1S/C12H15N3O4S/c16-11(17)12-7-14-4-9(12)6-15(8-12)20(18,19)10-2-1-3-13-5-10/h1-3,5,9,14H,4,6-8H2,(H,16,17). The minimum absolute atomic E-state index is 0.0111. The van der Waals surface area contributed by atoms with E-state index >= 15 is 0 Å². The average Bonchev–Trinajstić information content (AvgIpc) is 2.97. The number of aliphatic carboxylic acids is 1. The number of nitrogens with one attached hydrogen (secondary N) is 1. The summed E-state index contributed by atoms with van der Waals surface area (Å²) in [6.45, 7) is 1.09. The Hall–Kier alpha value is -1.51. The van der Waals surface area contributed by atoms with Gasteiger partial charge in [-0.2, -0.15) is 4.31 Å². The minimum Gasteiger partial charge on any atom is -0.481 e. The summed E-state index contributed by atoms with van der Waals surface area (Å²) in [4.78, 5) is 15.5. The van der Waals surface area contributed by atoms with Gasteiger partial charge >= 0.3 is 5.97 Å². The number of sulfonamides is 1. The second kappa shape index (κ2) is 4.51. The maximum absolute atomic E-state index is 12.5. The van der Waals surface area contributed by atoms with E-state index in [1.807, 2.05) is 0 Å². The molecule has 0 saturated carbocycles. The van der Waals surface area contributed by atoms with Crippen molar-refractivity contribution in [2.45, 2.75) is 4.90 Å². The van der Waals surface area contributed by atoms with E-state index in [2.05, 4.69) is 10.3 Å². The third-order valence-corrected chi connectivity index (χ3v) is 5.99. The fourth-order valence-electron chi connectivity index (χ4n) is 3.01. The lowest BCUT2D eigenvalue weighted by atomic mass is 9.81. The molecule has 2 saturated heterocycles. The molecule has 0 spiro atoms. The first-order chi connectivity index (χ1) is 9.47. The molecule has 3 heterocycles. The van der Waals surface area contributed by atoms with Crippen molar-refractivity contribution < 1.29 is 18.3 Å². The Balaban J connectivity index is 1.93. The molecule has 108 valence electrons. The molecule has 20 heavy (non-hydrogen) atoms. The zero-order valence-corrected chi connectivity index (χ0v) is 11.5. The van der Waals surface area contributed by atoms with E-state index in [0.717, 1.165) is 0 Å². The lowest BCUT2D eigenvalue weighted by Gasteiger charge is -2.22. The summed E-state index contributed by atoms with van der Waals surface area (Å²) in [7, 11) is -3.67. The van der Waals surface area contributed by atoms with E-state index in [1.54, 1.807) is 6.07 Å². The number of carboxylic acid groups (broad SMARTS) is 1. The molecule has 3 rings (SSSR count). The number of hydrogen-bond acceptors (Lipinski definition) is 5. The molecule has 1 aromatic heterocycles. The summed E-state index contributed by atoms with van der Waals surface area (Å²) in [6, 6.07) is 3.03. The molecule has 2 unspecified atom stereocenters. The first kappa shape index (κ1) is 13.5. The Morgan fingerprint density at radius 3 is 2.95 bits per heavy atom. The third kappa shape index (κ3) is 1.83. The maximum atomic E-state index is 12.5. The van der Waals surface area contributed by atoms with Gasteiger partial charge < -0.3 is 10.4 Å². The largest absolute Gasteiger partial charge is 0.481 e. The van der Waals surface area contributed by atoms with Crippen LogP contribution in [0.25, 0.3) is 0 Å². The molecule has 2 aliphatic rings. The molecule has 0 radical (unpaired) electrons. The Kier molecular flexibility index (Phi) is 3.03. The van der Waals surface area contributed by atoms with Crippen LogP contribution in [0, 0.1) is 11.3 Å². The molecule has 0 bridgehead atoms. The highest BCUT2D eigenvalue weighted by atomic mass is 32.2. The van der Waals surface area contributed by atoms with Crippen LogP contribution >= 0.6 is 0 Å².